The van der Waals surface area contributed by atoms with E-state index in [-0.39, 0.29) is 24.4 Å². The van der Waals surface area contributed by atoms with Crippen LogP contribution in [0.25, 0.3) is 0 Å². The second-order valence-electron chi connectivity index (χ2n) is 9.18. The summed E-state index contributed by atoms with van der Waals surface area (Å²) in [6.07, 6.45) is -1.99. The van der Waals surface area contributed by atoms with Crippen LogP contribution in [-0.2, 0) is 43.5 Å². The predicted octanol–water partition coefficient (Wildman–Crippen LogP) is 5.91. The van der Waals surface area contributed by atoms with Gasteiger partial charge in [0.05, 0.1) is 32.0 Å². The lowest BCUT2D eigenvalue weighted by molar-refractivity contribution is -0.326. The molecule has 5 nitrogen and oxygen atoms in total. The molecule has 5 heteroatoms. The zero-order valence-electron chi connectivity index (χ0n) is 20.8. The van der Waals surface area contributed by atoms with Crippen LogP contribution < -0.4 is 0 Å². The maximum atomic E-state index is 6.54. The number of ether oxygens (including phenoxy) is 5. The molecule has 4 rings (SSSR count). The first-order valence-corrected chi connectivity index (χ1v) is 12.4. The van der Waals surface area contributed by atoms with E-state index in [0.29, 0.717) is 19.8 Å². The summed E-state index contributed by atoms with van der Waals surface area (Å²) in [6.45, 7) is 7.35. The molecule has 1 saturated heterocycles. The van der Waals surface area contributed by atoms with Crippen LogP contribution in [0, 0.1) is 0 Å². The highest BCUT2D eigenvalue weighted by atomic mass is 16.7. The minimum Gasteiger partial charge on any atom is -0.368 e. The molecule has 3 aromatic rings. The summed E-state index contributed by atoms with van der Waals surface area (Å²) >= 11 is 0. The van der Waals surface area contributed by atoms with E-state index in [2.05, 4.69) is 24.3 Å². The Balaban J connectivity index is 1.57. The van der Waals surface area contributed by atoms with Crippen molar-refractivity contribution >= 4 is 0 Å². The Hall–Kier alpha value is -2.54. The highest BCUT2D eigenvalue weighted by Crippen LogP contribution is 2.31. The number of benzene rings is 3. The molecule has 1 fully saturated rings. The SMILES string of the molecule is CC(C)OC1O[C@@H](C)[C@@H](OCc2ccccc2)[C@@H](OCc2ccccc2)[C@@H]1OCc1ccccc1. The first kappa shape index (κ1) is 25.5. The van der Waals surface area contributed by atoms with E-state index in [1.165, 1.54) is 0 Å². The lowest BCUT2D eigenvalue weighted by Crippen LogP contribution is -2.60. The minimum absolute atomic E-state index is 0.0217. The van der Waals surface area contributed by atoms with Gasteiger partial charge in [0.1, 0.15) is 18.3 Å². The van der Waals surface area contributed by atoms with E-state index in [1.54, 1.807) is 0 Å². The van der Waals surface area contributed by atoms with Crippen LogP contribution in [0.1, 0.15) is 37.5 Å². The van der Waals surface area contributed by atoms with Crippen molar-refractivity contribution in [3.63, 3.8) is 0 Å². The molecule has 0 bridgehead atoms. The van der Waals surface area contributed by atoms with Crippen molar-refractivity contribution in [2.45, 2.75) is 77.4 Å². The van der Waals surface area contributed by atoms with Crippen molar-refractivity contribution in [3.8, 4) is 0 Å². The van der Waals surface area contributed by atoms with Gasteiger partial charge in [0.2, 0.25) is 0 Å². The third kappa shape index (κ3) is 7.47. The fourth-order valence-electron chi connectivity index (χ4n) is 4.25. The molecule has 35 heavy (non-hydrogen) atoms. The fourth-order valence-corrected chi connectivity index (χ4v) is 4.25. The zero-order valence-corrected chi connectivity index (χ0v) is 20.8. The Morgan fingerprint density at radius 2 is 1.00 bits per heavy atom. The summed E-state index contributed by atoms with van der Waals surface area (Å²) in [5, 5.41) is 0. The number of hydrogen-bond donors (Lipinski definition) is 0. The molecule has 1 aliphatic rings. The van der Waals surface area contributed by atoms with E-state index in [9.17, 15) is 0 Å². The van der Waals surface area contributed by atoms with Crippen LogP contribution in [-0.4, -0.2) is 36.8 Å². The Morgan fingerprint density at radius 1 is 0.600 bits per heavy atom. The lowest BCUT2D eigenvalue weighted by atomic mass is 9.98. The fraction of sp³-hybridized carbons (Fsp3) is 0.400. The van der Waals surface area contributed by atoms with Gasteiger partial charge in [0.25, 0.3) is 0 Å². The van der Waals surface area contributed by atoms with Crippen LogP contribution in [0.5, 0.6) is 0 Å². The molecule has 1 aliphatic heterocycles. The van der Waals surface area contributed by atoms with Crippen molar-refractivity contribution in [2.24, 2.45) is 0 Å². The highest BCUT2D eigenvalue weighted by Gasteiger charge is 2.47. The Kier molecular flexibility index (Phi) is 9.46. The third-order valence-electron chi connectivity index (χ3n) is 5.99. The molecule has 0 saturated carbocycles. The van der Waals surface area contributed by atoms with Gasteiger partial charge in [-0.15, -0.1) is 0 Å². The van der Waals surface area contributed by atoms with Gasteiger partial charge >= 0.3 is 0 Å². The van der Waals surface area contributed by atoms with Crippen molar-refractivity contribution < 1.29 is 23.7 Å². The van der Waals surface area contributed by atoms with E-state index >= 15 is 0 Å². The van der Waals surface area contributed by atoms with Gasteiger partial charge in [0.15, 0.2) is 6.29 Å². The van der Waals surface area contributed by atoms with Crippen molar-refractivity contribution in [3.05, 3.63) is 108 Å². The predicted molar refractivity (Wildman–Crippen MR) is 136 cm³/mol. The van der Waals surface area contributed by atoms with E-state index in [4.69, 9.17) is 23.7 Å². The highest BCUT2D eigenvalue weighted by molar-refractivity contribution is 5.15. The van der Waals surface area contributed by atoms with E-state index < -0.39 is 12.4 Å². The maximum Gasteiger partial charge on any atom is 0.187 e. The van der Waals surface area contributed by atoms with Gasteiger partial charge < -0.3 is 23.7 Å². The molecular formula is C30H36O5. The van der Waals surface area contributed by atoms with E-state index in [1.807, 2.05) is 87.5 Å². The Morgan fingerprint density at radius 3 is 1.43 bits per heavy atom. The second kappa shape index (κ2) is 13.0. The number of hydrogen-bond acceptors (Lipinski definition) is 5. The molecule has 186 valence electrons. The molecule has 0 spiro atoms. The van der Waals surface area contributed by atoms with Crippen molar-refractivity contribution in [2.75, 3.05) is 0 Å². The van der Waals surface area contributed by atoms with Crippen LogP contribution in [0.15, 0.2) is 91.0 Å². The van der Waals surface area contributed by atoms with Crippen LogP contribution >= 0.6 is 0 Å². The zero-order chi connectivity index (χ0) is 24.5. The Labute approximate surface area is 208 Å². The topological polar surface area (TPSA) is 46.2 Å². The van der Waals surface area contributed by atoms with Crippen LogP contribution in [0.2, 0.25) is 0 Å². The van der Waals surface area contributed by atoms with Gasteiger partial charge in [-0.1, -0.05) is 91.0 Å². The molecule has 0 N–H and O–H groups in total. The summed E-state index contributed by atoms with van der Waals surface area (Å²) in [5.74, 6) is 0. The quantitative estimate of drug-likeness (QED) is 0.344. The first-order valence-electron chi connectivity index (χ1n) is 12.4. The molecule has 0 amide bonds. The maximum absolute atomic E-state index is 6.54. The van der Waals surface area contributed by atoms with Gasteiger partial charge in [0, 0.05) is 0 Å². The summed E-state index contributed by atoms with van der Waals surface area (Å²) in [4.78, 5) is 0. The summed E-state index contributed by atoms with van der Waals surface area (Å²) in [5.41, 5.74) is 3.28. The van der Waals surface area contributed by atoms with Gasteiger partial charge in [-0.25, -0.2) is 0 Å². The van der Waals surface area contributed by atoms with Gasteiger partial charge in [-0.3, -0.25) is 0 Å². The van der Waals surface area contributed by atoms with Crippen molar-refractivity contribution in [1.29, 1.82) is 0 Å². The molecule has 1 unspecified atom stereocenters. The second-order valence-corrected chi connectivity index (χ2v) is 9.18. The molecule has 5 atom stereocenters. The molecule has 0 aliphatic carbocycles. The minimum atomic E-state index is -0.564. The first-order chi connectivity index (χ1) is 17.1. The smallest absolute Gasteiger partial charge is 0.187 e. The molecule has 0 aromatic heterocycles. The average Bonchev–Trinajstić information content (AvgIpc) is 2.88. The normalized spacial score (nSPS) is 24.5. The molecule has 1 heterocycles. The summed E-state index contributed by atoms with van der Waals surface area (Å²) in [7, 11) is 0. The molecular weight excluding hydrogens is 440 g/mol. The van der Waals surface area contributed by atoms with Gasteiger partial charge in [-0.05, 0) is 37.5 Å². The molecule has 0 radical (unpaired) electrons. The summed E-state index contributed by atoms with van der Waals surface area (Å²) < 4.78 is 31.9. The summed E-state index contributed by atoms with van der Waals surface area (Å²) in [6, 6.07) is 30.4. The van der Waals surface area contributed by atoms with Crippen molar-refractivity contribution in [1.82, 2.24) is 0 Å². The standard InChI is InChI=1S/C30H36O5/c1-22(2)34-30-29(33-21-26-17-11-6-12-18-26)28(32-20-25-15-9-5-10-16-25)27(23(3)35-30)31-19-24-13-7-4-8-14-24/h4-18,22-23,27-30H,19-21H2,1-3H3/t23-,27+,28+,29-,30?/m0/s1. The average molecular weight is 477 g/mol. The largest absolute Gasteiger partial charge is 0.368 e. The van der Waals surface area contributed by atoms with Crippen LogP contribution in [0.4, 0.5) is 0 Å². The van der Waals surface area contributed by atoms with E-state index in [0.717, 1.165) is 16.7 Å². The van der Waals surface area contributed by atoms with Gasteiger partial charge in [-0.2, -0.15) is 0 Å². The van der Waals surface area contributed by atoms with Crippen LogP contribution in [0.3, 0.4) is 0 Å². The lowest BCUT2D eigenvalue weighted by Gasteiger charge is -2.45. The number of rotatable bonds is 11. The molecule has 3 aromatic carbocycles. The Bertz CT molecular complexity index is 979. The third-order valence-corrected chi connectivity index (χ3v) is 5.99. The monoisotopic (exact) mass is 476 g/mol.